The first-order chi connectivity index (χ1) is 9.97. The van der Waals surface area contributed by atoms with Crippen molar-refractivity contribution in [2.45, 2.75) is 0 Å². The van der Waals surface area contributed by atoms with E-state index in [4.69, 9.17) is 22.1 Å². The first-order valence-electron chi connectivity index (χ1n) is 5.98. The molecule has 2 aromatic carbocycles. The number of benzene rings is 2. The largest absolute Gasteiger partial charge is 0.454 e. The number of ketones is 1. The van der Waals surface area contributed by atoms with Gasteiger partial charge in [-0.05, 0) is 30.3 Å². The number of halogens is 2. The lowest BCUT2D eigenvalue weighted by Gasteiger charge is -2.07. The van der Waals surface area contributed by atoms with Crippen LogP contribution < -0.4 is 5.73 Å². The fraction of sp³-hybridized carbons (Fsp3) is 0.0667. The van der Waals surface area contributed by atoms with Crippen molar-refractivity contribution in [1.82, 2.24) is 0 Å². The molecule has 0 bridgehead atoms. The summed E-state index contributed by atoms with van der Waals surface area (Å²) in [5.41, 5.74) is 6.05. The molecule has 0 aliphatic rings. The van der Waals surface area contributed by atoms with Crippen LogP contribution in [0.1, 0.15) is 20.7 Å². The van der Waals surface area contributed by atoms with Crippen molar-refractivity contribution in [1.29, 1.82) is 0 Å². The molecule has 2 N–H and O–H groups in total. The number of carbonyl (C=O) groups is 2. The van der Waals surface area contributed by atoms with Gasteiger partial charge in [0.15, 0.2) is 12.4 Å². The minimum atomic E-state index is -0.742. The molecule has 0 aliphatic carbocycles. The molecule has 0 aliphatic heterocycles. The molecule has 108 valence electrons. The van der Waals surface area contributed by atoms with Gasteiger partial charge in [0.2, 0.25) is 0 Å². The lowest BCUT2D eigenvalue weighted by atomic mass is 10.1. The molecule has 6 heteroatoms. The number of Topliss-reactive ketones (excluding diaryl/α,β-unsaturated/α-hetero) is 1. The van der Waals surface area contributed by atoms with Crippen LogP contribution in [0.25, 0.3) is 0 Å². The quantitative estimate of drug-likeness (QED) is 0.535. The van der Waals surface area contributed by atoms with E-state index in [1.54, 1.807) is 0 Å². The summed E-state index contributed by atoms with van der Waals surface area (Å²) >= 11 is 5.72. The predicted molar refractivity (Wildman–Crippen MR) is 76.9 cm³/mol. The molecule has 0 saturated carbocycles. The molecule has 0 radical (unpaired) electrons. The third kappa shape index (κ3) is 3.79. The molecule has 0 amide bonds. The molecule has 2 rings (SSSR count). The fourth-order valence-corrected chi connectivity index (χ4v) is 1.85. The number of carbonyl (C=O) groups excluding carboxylic acids is 2. The number of esters is 1. The molecule has 0 spiro atoms. The van der Waals surface area contributed by atoms with Gasteiger partial charge in [0.1, 0.15) is 5.82 Å². The number of anilines is 1. The Morgan fingerprint density at radius 3 is 2.62 bits per heavy atom. The minimum Gasteiger partial charge on any atom is -0.454 e. The first kappa shape index (κ1) is 15.0. The highest BCUT2D eigenvalue weighted by molar-refractivity contribution is 6.31. The molecule has 0 heterocycles. The van der Waals surface area contributed by atoms with E-state index in [0.717, 1.165) is 6.07 Å². The summed E-state index contributed by atoms with van der Waals surface area (Å²) in [6.45, 7) is -0.496. The van der Waals surface area contributed by atoms with Crippen LogP contribution in [0.15, 0.2) is 42.5 Å². The van der Waals surface area contributed by atoms with Gasteiger partial charge in [-0.1, -0.05) is 23.7 Å². The standard InChI is InChI=1S/C15H11ClFNO3/c16-10-4-5-12(13(18)7-10)15(20)21-8-14(19)9-2-1-3-11(17)6-9/h1-7H,8,18H2. The van der Waals surface area contributed by atoms with Crippen molar-refractivity contribution < 1.29 is 18.7 Å². The third-order valence-electron chi connectivity index (χ3n) is 2.71. The van der Waals surface area contributed by atoms with Crippen molar-refractivity contribution in [3.8, 4) is 0 Å². The smallest absolute Gasteiger partial charge is 0.340 e. The number of nitrogens with two attached hydrogens (primary N) is 1. The van der Waals surface area contributed by atoms with Crippen LogP contribution in [0.4, 0.5) is 10.1 Å². The summed E-state index contributed by atoms with van der Waals surface area (Å²) in [5.74, 6) is -1.78. The SMILES string of the molecule is Nc1cc(Cl)ccc1C(=O)OCC(=O)c1cccc(F)c1. The fourth-order valence-electron chi connectivity index (χ4n) is 1.67. The molecule has 21 heavy (non-hydrogen) atoms. The summed E-state index contributed by atoms with van der Waals surface area (Å²) in [4.78, 5) is 23.6. The summed E-state index contributed by atoms with van der Waals surface area (Å²) in [6, 6.07) is 9.45. The minimum absolute atomic E-state index is 0.117. The number of nitrogen functional groups attached to an aromatic ring is 1. The van der Waals surface area contributed by atoms with E-state index < -0.39 is 24.2 Å². The highest BCUT2D eigenvalue weighted by Crippen LogP contribution is 2.18. The van der Waals surface area contributed by atoms with Crippen LogP contribution in [0.5, 0.6) is 0 Å². The lowest BCUT2D eigenvalue weighted by molar-refractivity contribution is 0.0475. The Morgan fingerprint density at radius 1 is 1.19 bits per heavy atom. The summed E-state index contributed by atoms with van der Waals surface area (Å²) in [6.07, 6.45) is 0. The zero-order chi connectivity index (χ0) is 15.4. The van der Waals surface area contributed by atoms with Gasteiger partial charge in [0.05, 0.1) is 5.56 Å². The van der Waals surface area contributed by atoms with E-state index in [9.17, 15) is 14.0 Å². The second-order valence-electron chi connectivity index (χ2n) is 4.24. The van der Waals surface area contributed by atoms with Crippen LogP contribution in [0.2, 0.25) is 5.02 Å². The maximum absolute atomic E-state index is 13.0. The summed E-state index contributed by atoms with van der Waals surface area (Å²) in [7, 11) is 0. The van der Waals surface area contributed by atoms with Gasteiger partial charge in [0, 0.05) is 16.3 Å². The highest BCUT2D eigenvalue weighted by atomic mass is 35.5. The Morgan fingerprint density at radius 2 is 1.95 bits per heavy atom. The Kier molecular flexibility index (Phi) is 4.55. The molecule has 2 aromatic rings. The van der Waals surface area contributed by atoms with E-state index in [2.05, 4.69) is 0 Å². The van der Waals surface area contributed by atoms with Crippen LogP contribution in [-0.4, -0.2) is 18.4 Å². The Labute approximate surface area is 125 Å². The van der Waals surface area contributed by atoms with Gasteiger partial charge in [-0.3, -0.25) is 4.79 Å². The maximum atomic E-state index is 13.0. The molecular formula is C15H11ClFNO3. The van der Waals surface area contributed by atoms with Crippen molar-refractivity contribution in [3.63, 3.8) is 0 Å². The Balaban J connectivity index is 2.02. The lowest BCUT2D eigenvalue weighted by Crippen LogP contribution is -2.15. The van der Waals surface area contributed by atoms with Crippen LogP contribution in [0, 0.1) is 5.82 Å². The number of ether oxygens (including phenoxy) is 1. The predicted octanol–water partition coefficient (Wildman–Crippen LogP) is 3.10. The van der Waals surface area contributed by atoms with Gasteiger partial charge in [-0.2, -0.15) is 0 Å². The van der Waals surface area contributed by atoms with Crippen molar-refractivity contribution in [3.05, 3.63) is 64.4 Å². The Hall–Kier alpha value is -2.40. The molecule has 0 saturated heterocycles. The normalized spacial score (nSPS) is 10.2. The number of hydrogen-bond acceptors (Lipinski definition) is 4. The van der Waals surface area contributed by atoms with Gasteiger partial charge in [-0.25, -0.2) is 9.18 Å². The molecule has 0 fully saturated rings. The van der Waals surface area contributed by atoms with Gasteiger partial charge in [0.25, 0.3) is 0 Å². The zero-order valence-electron chi connectivity index (χ0n) is 10.8. The molecule has 0 atom stereocenters. The summed E-state index contributed by atoms with van der Waals surface area (Å²) < 4.78 is 17.9. The average Bonchev–Trinajstić information content (AvgIpc) is 2.44. The van der Waals surface area contributed by atoms with E-state index in [-0.39, 0.29) is 16.8 Å². The van der Waals surface area contributed by atoms with Gasteiger partial charge >= 0.3 is 5.97 Å². The average molecular weight is 308 g/mol. The van der Waals surface area contributed by atoms with Crippen LogP contribution in [-0.2, 0) is 4.74 Å². The monoisotopic (exact) mass is 307 g/mol. The number of hydrogen-bond donors (Lipinski definition) is 1. The van der Waals surface area contributed by atoms with E-state index in [1.165, 1.54) is 36.4 Å². The van der Waals surface area contributed by atoms with Crippen LogP contribution >= 0.6 is 11.6 Å². The van der Waals surface area contributed by atoms with Crippen molar-refractivity contribution in [2.75, 3.05) is 12.3 Å². The first-order valence-corrected chi connectivity index (χ1v) is 6.36. The van der Waals surface area contributed by atoms with E-state index in [1.807, 2.05) is 0 Å². The second kappa shape index (κ2) is 6.37. The second-order valence-corrected chi connectivity index (χ2v) is 4.68. The van der Waals surface area contributed by atoms with Crippen molar-refractivity contribution >= 4 is 29.0 Å². The topological polar surface area (TPSA) is 69.4 Å². The molecule has 4 nitrogen and oxygen atoms in total. The molecular weight excluding hydrogens is 297 g/mol. The highest BCUT2D eigenvalue weighted by Gasteiger charge is 2.14. The third-order valence-corrected chi connectivity index (χ3v) is 2.95. The van der Waals surface area contributed by atoms with Gasteiger partial charge < -0.3 is 10.5 Å². The van der Waals surface area contributed by atoms with Gasteiger partial charge in [-0.15, -0.1) is 0 Å². The maximum Gasteiger partial charge on any atom is 0.340 e. The molecule has 0 aromatic heterocycles. The molecule has 0 unspecified atom stereocenters. The zero-order valence-corrected chi connectivity index (χ0v) is 11.6. The van der Waals surface area contributed by atoms with E-state index in [0.29, 0.717) is 5.02 Å². The Bertz CT molecular complexity index is 703. The number of rotatable bonds is 4. The van der Waals surface area contributed by atoms with Crippen molar-refractivity contribution in [2.24, 2.45) is 0 Å². The van der Waals surface area contributed by atoms with Crippen LogP contribution in [0.3, 0.4) is 0 Å². The summed E-state index contributed by atoms with van der Waals surface area (Å²) in [5, 5.41) is 0.389. The van der Waals surface area contributed by atoms with E-state index >= 15 is 0 Å².